The number of Topliss-reactive ketones (excluding diaryl/α,β-unsaturated/α-hetero) is 1. The molecule has 0 atom stereocenters. The molecule has 0 unspecified atom stereocenters. The monoisotopic (exact) mass is 334 g/mol. The van der Waals surface area contributed by atoms with Crippen molar-refractivity contribution < 1.29 is 13.9 Å². The van der Waals surface area contributed by atoms with E-state index in [4.69, 9.17) is 9.15 Å². The fourth-order valence-corrected chi connectivity index (χ4v) is 3.43. The summed E-state index contributed by atoms with van der Waals surface area (Å²) in [6.07, 6.45) is 0.322. The van der Waals surface area contributed by atoms with Crippen LogP contribution in [0.4, 0.5) is 0 Å². The molecule has 4 heteroatoms. The topological polar surface area (TPSA) is 56.5 Å². The fourth-order valence-electron chi connectivity index (χ4n) is 3.43. The summed E-state index contributed by atoms with van der Waals surface area (Å²) in [5, 5.41) is 0.749. The van der Waals surface area contributed by atoms with Gasteiger partial charge in [-0.25, -0.2) is 4.79 Å². The number of carbonyl (C=O) groups excluding carboxylic acids is 1. The van der Waals surface area contributed by atoms with Gasteiger partial charge in [-0.2, -0.15) is 0 Å². The molecule has 2 aromatic carbocycles. The van der Waals surface area contributed by atoms with Gasteiger partial charge in [0.05, 0.1) is 12.0 Å². The molecular formula is C21H18O4. The molecule has 25 heavy (non-hydrogen) atoms. The minimum atomic E-state index is -0.570. The van der Waals surface area contributed by atoms with Crippen LogP contribution in [0.2, 0.25) is 0 Å². The summed E-state index contributed by atoms with van der Waals surface area (Å²) in [7, 11) is 0. The Bertz CT molecular complexity index is 1060. The first kappa shape index (κ1) is 15.6. The summed E-state index contributed by atoms with van der Waals surface area (Å²) < 4.78 is 11.5. The normalized spacial score (nSPS) is 15.7. The average molecular weight is 334 g/mol. The van der Waals surface area contributed by atoms with E-state index in [0.29, 0.717) is 28.9 Å². The Morgan fingerprint density at radius 2 is 1.72 bits per heavy atom. The van der Waals surface area contributed by atoms with Crippen molar-refractivity contribution in [1.29, 1.82) is 0 Å². The Hall–Kier alpha value is -2.88. The molecule has 0 bridgehead atoms. The molecule has 126 valence electrons. The van der Waals surface area contributed by atoms with Gasteiger partial charge in [0.15, 0.2) is 5.78 Å². The van der Waals surface area contributed by atoms with E-state index >= 15 is 0 Å². The predicted octanol–water partition coefficient (Wildman–Crippen LogP) is 4.51. The van der Waals surface area contributed by atoms with Crippen molar-refractivity contribution in [2.45, 2.75) is 32.8 Å². The lowest BCUT2D eigenvalue weighted by Crippen LogP contribution is -2.36. The lowest BCUT2D eigenvalue weighted by atomic mass is 9.89. The van der Waals surface area contributed by atoms with Crippen LogP contribution in [-0.4, -0.2) is 11.4 Å². The highest BCUT2D eigenvalue weighted by Gasteiger charge is 2.34. The number of hydrogen-bond acceptors (Lipinski definition) is 4. The van der Waals surface area contributed by atoms with Crippen molar-refractivity contribution in [3.8, 4) is 16.9 Å². The van der Waals surface area contributed by atoms with Gasteiger partial charge in [-0.15, -0.1) is 0 Å². The van der Waals surface area contributed by atoms with Crippen molar-refractivity contribution in [2.24, 2.45) is 0 Å². The van der Waals surface area contributed by atoms with Crippen LogP contribution in [0.3, 0.4) is 0 Å². The Morgan fingerprint density at radius 3 is 2.44 bits per heavy atom. The van der Waals surface area contributed by atoms with Crippen molar-refractivity contribution in [3.05, 3.63) is 64.0 Å². The third-order valence-corrected chi connectivity index (χ3v) is 4.56. The van der Waals surface area contributed by atoms with Crippen LogP contribution in [0, 0.1) is 6.92 Å². The molecule has 0 N–H and O–H groups in total. The number of fused-ring (bicyclic) bond motifs is 2. The minimum absolute atomic E-state index is 0.0430. The zero-order chi connectivity index (χ0) is 17.8. The summed E-state index contributed by atoms with van der Waals surface area (Å²) >= 11 is 0. The first-order valence-electron chi connectivity index (χ1n) is 8.25. The number of rotatable bonds is 1. The van der Waals surface area contributed by atoms with E-state index in [1.54, 1.807) is 6.07 Å². The van der Waals surface area contributed by atoms with Crippen LogP contribution in [0.15, 0.2) is 51.7 Å². The molecule has 4 rings (SSSR count). The van der Waals surface area contributed by atoms with E-state index < -0.39 is 11.2 Å². The molecular weight excluding hydrogens is 316 g/mol. The van der Waals surface area contributed by atoms with Crippen LogP contribution in [0.1, 0.15) is 36.2 Å². The number of hydrogen-bond donors (Lipinski definition) is 0. The number of carbonyl (C=O) groups is 1. The molecule has 0 amide bonds. The number of ketones is 1. The molecule has 1 aliphatic rings. The van der Waals surface area contributed by atoms with Gasteiger partial charge in [0.2, 0.25) is 0 Å². The summed E-state index contributed by atoms with van der Waals surface area (Å²) in [6, 6.07) is 12.9. The van der Waals surface area contributed by atoms with Gasteiger partial charge in [0.1, 0.15) is 16.9 Å². The second-order valence-electron chi connectivity index (χ2n) is 7.06. The molecule has 0 spiro atoms. The van der Waals surface area contributed by atoms with Crippen molar-refractivity contribution >= 4 is 16.8 Å². The van der Waals surface area contributed by atoms with E-state index in [1.165, 1.54) is 6.07 Å². The fraction of sp³-hybridized carbons (Fsp3) is 0.238. The lowest BCUT2D eigenvalue weighted by Gasteiger charge is -2.32. The molecule has 3 aromatic rings. The van der Waals surface area contributed by atoms with E-state index in [-0.39, 0.29) is 5.78 Å². The first-order valence-corrected chi connectivity index (χ1v) is 8.25. The maximum atomic E-state index is 12.6. The van der Waals surface area contributed by atoms with Gasteiger partial charge >= 0.3 is 5.63 Å². The van der Waals surface area contributed by atoms with E-state index in [1.807, 2.05) is 51.1 Å². The Morgan fingerprint density at radius 1 is 1.00 bits per heavy atom. The molecule has 2 heterocycles. The summed E-state index contributed by atoms with van der Waals surface area (Å²) in [4.78, 5) is 24.8. The smallest absolute Gasteiger partial charge is 0.336 e. The van der Waals surface area contributed by atoms with Gasteiger partial charge < -0.3 is 9.15 Å². The summed E-state index contributed by atoms with van der Waals surface area (Å²) in [5.41, 5.74) is 2.38. The summed E-state index contributed by atoms with van der Waals surface area (Å²) in [5.74, 6) is 0.559. The molecule has 0 radical (unpaired) electrons. The highest BCUT2D eigenvalue weighted by molar-refractivity contribution is 6.07. The van der Waals surface area contributed by atoms with Crippen molar-refractivity contribution in [3.63, 3.8) is 0 Å². The Labute approximate surface area is 145 Å². The third kappa shape index (κ3) is 2.54. The second-order valence-corrected chi connectivity index (χ2v) is 7.06. The SMILES string of the molecule is Cc1c2c(cc3c(-c4ccccc4)cc(=O)oc13)C(=O)CC(C)(C)O2. The number of ether oxygens (including phenoxy) is 1. The van der Waals surface area contributed by atoms with E-state index in [0.717, 1.165) is 16.5 Å². The highest BCUT2D eigenvalue weighted by atomic mass is 16.5. The maximum absolute atomic E-state index is 12.6. The number of aryl methyl sites for hydroxylation is 1. The quantitative estimate of drug-likeness (QED) is 0.614. The van der Waals surface area contributed by atoms with Crippen LogP contribution in [0.25, 0.3) is 22.1 Å². The zero-order valence-corrected chi connectivity index (χ0v) is 14.4. The molecule has 0 aliphatic carbocycles. The first-order chi connectivity index (χ1) is 11.9. The predicted molar refractivity (Wildman–Crippen MR) is 96.3 cm³/mol. The van der Waals surface area contributed by atoms with Crippen LogP contribution >= 0.6 is 0 Å². The van der Waals surface area contributed by atoms with Gasteiger partial charge in [0.25, 0.3) is 0 Å². The van der Waals surface area contributed by atoms with Crippen molar-refractivity contribution in [2.75, 3.05) is 0 Å². The van der Waals surface area contributed by atoms with Crippen LogP contribution < -0.4 is 10.4 Å². The largest absolute Gasteiger partial charge is 0.486 e. The van der Waals surface area contributed by atoms with Crippen LogP contribution in [-0.2, 0) is 0 Å². The maximum Gasteiger partial charge on any atom is 0.336 e. The second kappa shape index (κ2) is 5.31. The van der Waals surface area contributed by atoms with E-state index in [2.05, 4.69) is 0 Å². The zero-order valence-electron chi connectivity index (χ0n) is 14.4. The molecule has 0 saturated heterocycles. The van der Waals surface area contributed by atoms with E-state index in [9.17, 15) is 9.59 Å². The third-order valence-electron chi connectivity index (χ3n) is 4.56. The molecule has 4 nitrogen and oxygen atoms in total. The molecule has 1 aromatic heterocycles. The molecule has 0 fully saturated rings. The van der Waals surface area contributed by atoms with Crippen molar-refractivity contribution in [1.82, 2.24) is 0 Å². The molecule has 0 saturated carbocycles. The van der Waals surface area contributed by atoms with Crippen LogP contribution in [0.5, 0.6) is 5.75 Å². The number of benzene rings is 2. The van der Waals surface area contributed by atoms with Gasteiger partial charge in [-0.3, -0.25) is 4.79 Å². The summed E-state index contributed by atoms with van der Waals surface area (Å²) in [6.45, 7) is 5.59. The van der Waals surface area contributed by atoms with Gasteiger partial charge in [-0.1, -0.05) is 30.3 Å². The molecule has 1 aliphatic heterocycles. The minimum Gasteiger partial charge on any atom is -0.486 e. The van der Waals surface area contributed by atoms with Gasteiger partial charge in [0, 0.05) is 17.0 Å². The standard InChI is InChI=1S/C21H18O4/c1-12-19-15(9-16-17(22)11-21(2,3)25-20(12)16)14(10-18(23)24-19)13-7-5-4-6-8-13/h4-10H,11H2,1-3H3. The van der Waals surface area contributed by atoms with Gasteiger partial charge in [-0.05, 0) is 38.0 Å². The lowest BCUT2D eigenvalue weighted by molar-refractivity contribution is 0.0616. The Kier molecular flexibility index (Phi) is 3.32. The Balaban J connectivity index is 2.09. The highest BCUT2D eigenvalue weighted by Crippen LogP contribution is 2.41. The average Bonchev–Trinajstić information content (AvgIpc) is 2.56.